The van der Waals surface area contributed by atoms with E-state index in [1.54, 1.807) is 0 Å². The third-order valence-corrected chi connectivity index (χ3v) is 3.29. The molecule has 16 heavy (non-hydrogen) atoms. The van der Waals surface area contributed by atoms with Gasteiger partial charge in [-0.15, -0.1) is 0 Å². The summed E-state index contributed by atoms with van der Waals surface area (Å²) in [5.74, 6) is 0.879. The van der Waals surface area contributed by atoms with E-state index < -0.39 is 0 Å². The van der Waals surface area contributed by atoms with Crippen LogP contribution in [0, 0.1) is 11.3 Å². The highest BCUT2D eigenvalue weighted by atomic mass is 16.5. The van der Waals surface area contributed by atoms with Crippen molar-refractivity contribution in [3.8, 4) is 0 Å². The Morgan fingerprint density at radius 1 is 1.38 bits per heavy atom. The smallest absolute Gasteiger partial charge is 0.0532 e. The van der Waals surface area contributed by atoms with E-state index in [9.17, 15) is 0 Å². The van der Waals surface area contributed by atoms with Gasteiger partial charge in [0.05, 0.1) is 6.61 Å². The molecule has 0 aromatic heterocycles. The van der Waals surface area contributed by atoms with Crippen molar-refractivity contribution in [1.82, 2.24) is 5.32 Å². The Morgan fingerprint density at radius 3 is 2.56 bits per heavy atom. The first-order valence-electron chi connectivity index (χ1n) is 6.87. The molecule has 0 heterocycles. The van der Waals surface area contributed by atoms with Crippen LogP contribution in [-0.4, -0.2) is 25.8 Å². The van der Waals surface area contributed by atoms with Crippen molar-refractivity contribution in [3.05, 3.63) is 0 Å². The Balaban J connectivity index is 2.23. The van der Waals surface area contributed by atoms with Crippen LogP contribution < -0.4 is 5.32 Å². The quantitative estimate of drug-likeness (QED) is 0.653. The molecule has 1 saturated carbocycles. The molecule has 0 bridgehead atoms. The van der Waals surface area contributed by atoms with Crippen LogP contribution in [0.15, 0.2) is 0 Å². The Hall–Kier alpha value is -0.0800. The van der Waals surface area contributed by atoms with Crippen LogP contribution in [0.2, 0.25) is 0 Å². The molecular formula is C14H29NO. The van der Waals surface area contributed by atoms with Gasteiger partial charge in [0, 0.05) is 24.6 Å². The van der Waals surface area contributed by atoms with Gasteiger partial charge in [-0.3, -0.25) is 0 Å². The van der Waals surface area contributed by atoms with E-state index >= 15 is 0 Å². The van der Waals surface area contributed by atoms with E-state index in [4.69, 9.17) is 4.74 Å². The fourth-order valence-corrected chi connectivity index (χ4v) is 2.02. The maximum absolute atomic E-state index is 5.87. The second-order valence-electron chi connectivity index (χ2n) is 6.05. The van der Waals surface area contributed by atoms with E-state index in [1.165, 1.54) is 25.7 Å². The predicted octanol–water partition coefficient (Wildman–Crippen LogP) is 3.22. The van der Waals surface area contributed by atoms with Gasteiger partial charge in [0.2, 0.25) is 0 Å². The third kappa shape index (κ3) is 5.86. The highest BCUT2D eigenvalue weighted by molar-refractivity contribution is 4.78. The van der Waals surface area contributed by atoms with Gasteiger partial charge in [-0.2, -0.15) is 0 Å². The maximum Gasteiger partial charge on any atom is 0.0532 e. The first-order chi connectivity index (χ1) is 7.56. The maximum atomic E-state index is 5.87. The first kappa shape index (κ1) is 14.0. The Bertz CT molecular complexity index is 189. The summed E-state index contributed by atoms with van der Waals surface area (Å²) in [6.45, 7) is 12.0. The van der Waals surface area contributed by atoms with Crippen molar-refractivity contribution in [1.29, 1.82) is 0 Å². The van der Waals surface area contributed by atoms with Crippen molar-refractivity contribution in [2.75, 3.05) is 19.8 Å². The summed E-state index contributed by atoms with van der Waals surface area (Å²) < 4.78 is 5.87. The highest BCUT2D eigenvalue weighted by Gasteiger charge is 2.26. The molecule has 96 valence electrons. The summed E-state index contributed by atoms with van der Waals surface area (Å²) in [6, 6.07) is 0.569. The second-order valence-corrected chi connectivity index (χ2v) is 6.05. The van der Waals surface area contributed by atoms with E-state index in [0.29, 0.717) is 11.5 Å². The summed E-state index contributed by atoms with van der Waals surface area (Å²) in [5, 5.41) is 3.54. The topological polar surface area (TPSA) is 21.3 Å². The van der Waals surface area contributed by atoms with Gasteiger partial charge in [0.25, 0.3) is 0 Å². The van der Waals surface area contributed by atoms with Gasteiger partial charge < -0.3 is 10.1 Å². The lowest BCUT2D eigenvalue weighted by molar-refractivity contribution is 0.0407. The lowest BCUT2D eigenvalue weighted by atomic mass is 9.86. The van der Waals surface area contributed by atoms with Crippen molar-refractivity contribution in [3.63, 3.8) is 0 Å². The minimum Gasteiger partial charge on any atom is -0.381 e. The van der Waals surface area contributed by atoms with E-state index in [2.05, 4.69) is 33.0 Å². The third-order valence-electron chi connectivity index (χ3n) is 3.29. The molecule has 0 amide bonds. The van der Waals surface area contributed by atoms with Gasteiger partial charge in [-0.25, -0.2) is 0 Å². The van der Waals surface area contributed by atoms with Gasteiger partial charge >= 0.3 is 0 Å². The zero-order chi connectivity index (χ0) is 12.0. The molecule has 0 aliphatic heterocycles. The minimum atomic E-state index is 0.313. The molecule has 0 aromatic rings. The number of rotatable bonds is 9. The zero-order valence-corrected chi connectivity index (χ0v) is 11.5. The molecule has 2 heteroatoms. The fourth-order valence-electron chi connectivity index (χ4n) is 2.02. The molecule has 1 N–H and O–H groups in total. The standard InChI is InChI=1S/C14H29NO/c1-5-8-14(4,10-15-12(2)3)11-16-9-13-6-7-13/h12-13,15H,5-11H2,1-4H3. The SMILES string of the molecule is CCCC(C)(CNC(C)C)COCC1CC1. The van der Waals surface area contributed by atoms with Gasteiger partial charge in [0.15, 0.2) is 0 Å². The predicted molar refractivity (Wildman–Crippen MR) is 69.7 cm³/mol. The van der Waals surface area contributed by atoms with Crippen LogP contribution in [0.1, 0.15) is 53.4 Å². The van der Waals surface area contributed by atoms with Crippen molar-refractivity contribution in [2.45, 2.75) is 59.4 Å². The number of ether oxygens (including phenoxy) is 1. The lowest BCUT2D eigenvalue weighted by Crippen LogP contribution is -2.38. The molecule has 1 aliphatic rings. The highest BCUT2D eigenvalue weighted by Crippen LogP contribution is 2.30. The zero-order valence-electron chi connectivity index (χ0n) is 11.5. The van der Waals surface area contributed by atoms with Crippen molar-refractivity contribution >= 4 is 0 Å². The van der Waals surface area contributed by atoms with Crippen LogP contribution in [0.5, 0.6) is 0 Å². The molecule has 1 unspecified atom stereocenters. The summed E-state index contributed by atoms with van der Waals surface area (Å²) in [6.07, 6.45) is 5.25. The Kier molecular flexibility index (Phi) is 5.77. The molecule has 0 saturated heterocycles. The second kappa shape index (κ2) is 6.61. The van der Waals surface area contributed by atoms with E-state index in [0.717, 1.165) is 25.7 Å². The minimum absolute atomic E-state index is 0.313. The van der Waals surface area contributed by atoms with Crippen LogP contribution in [0.25, 0.3) is 0 Å². The number of nitrogens with one attached hydrogen (secondary N) is 1. The first-order valence-corrected chi connectivity index (χ1v) is 6.87. The molecule has 0 spiro atoms. The summed E-state index contributed by atoms with van der Waals surface area (Å²) in [7, 11) is 0. The molecule has 1 aliphatic carbocycles. The molecule has 1 fully saturated rings. The lowest BCUT2D eigenvalue weighted by Gasteiger charge is -2.30. The molecule has 1 atom stereocenters. The van der Waals surface area contributed by atoms with Gasteiger partial charge in [-0.1, -0.05) is 34.1 Å². The van der Waals surface area contributed by atoms with Crippen LogP contribution >= 0.6 is 0 Å². The molecule has 0 radical (unpaired) electrons. The molecule has 0 aromatic carbocycles. The van der Waals surface area contributed by atoms with Crippen molar-refractivity contribution < 1.29 is 4.74 Å². The van der Waals surface area contributed by atoms with Crippen LogP contribution in [0.3, 0.4) is 0 Å². The number of hydrogen-bond donors (Lipinski definition) is 1. The Labute approximate surface area is 101 Å². The largest absolute Gasteiger partial charge is 0.381 e. The average Bonchev–Trinajstić information content (AvgIpc) is 2.99. The summed E-state index contributed by atoms with van der Waals surface area (Å²) in [5.41, 5.74) is 0.313. The summed E-state index contributed by atoms with van der Waals surface area (Å²) in [4.78, 5) is 0. The Morgan fingerprint density at radius 2 is 2.06 bits per heavy atom. The fraction of sp³-hybridized carbons (Fsp3) is 1.00. The summed E-state index contributed by atoms with van der Waals surface area (Å²) >= 11 is 0. The normalized spacial score (nSPS) is 20.1. The molecule has 1 rings (SSSR count). The van der Waals surface area contributed by atoms with E-state index in [-0.39, 0.29) is 0 Å². The van der Waals surface area contributed by atoms with Crippen LogP contribution in [-0.2, 0) is 4.74 Å². The average molecular weight is 227 g/mol. The van der Waals surface area contributed by atoms with Gasteiger partial charge in [-0.05, 0) is 25.2 Å². The van der Waals surface area contributed by atoms with E-state index in [1.807, 2.05) is 0 Å². The van der Waals surface area contributed by atoms with Gasteiger partial charge in [0.1, 0.15) is 0 Å². The number of hydrogen-bond acceptors (Lipinski definition) is 2. The van der Waals surface area contributed by atoms with Crippen LogP contribution in [0.4, 0.5) is 0 Å². The van der Waals surface area contributed by atoms with Crippen molar-refractivity contribution in [2.24, 2.45) is 11.3 Å². The molecule has 2 nitrogen and oxygen atoms in total. The molecular weight excluding hydrogens is 198 g/mol. The monoisotopic (exact) mass is 227 g/mol.